The van der Waals surface area contributed by atoms with E-state index >= 15 is 0 Å². The van der Waals surface area contributed by atoms with Crippen molar-refractivity contribution in [3.8, 4) is 0 Å². The molecule has 1 fully saturated rings. The minimum atomic E-state index is -0.0859. The molecule has 3 heterocycles. The van der Waals surface area contributed by atoms with Crippen molar-refractivity contribution in [1.29, 1.82) is 0 Å². The molecule has 2 aromatic heterocycles. The number of nitrogens with zero attached hydrogens (tertiary/aromatic N) is 3. The van der Waals surface area contributed by atoms with Gasteiger partial charge in [-0.3, -0.25) is 9.69 Å². The molecule has 2 atom stereocenters. The standard InChI is InChI=1S/C22H26N4O2/c1-16-12-25(13-17(2)28-16)14-18-6-8-19(9-7-18)22(27)23-11-20-15-26-10-4-3-5-21(26)24-20/h3-10,15-17H,11-14H2,1-2H3,(H,23,27)/t16-,17-/m0/s1. The second-order valence-corrected chi connectivity index (χ2v) is 7.53. The van der Waals surface area contributed by atoms with E-state index in [0.717, 1.165) is 31.0 Å². The van der Waals surface area contributed by atoms with E-state index in [2.05, 4.69) is 29.0 Å². The molecule has 0 spiro atoms. The molecule has 0 radical (unpaired) electrons. The van der Waals surface area contributed by atoms with E-state index in [9.17, 15) is 4.79 Å². The molecule has 0 unspecified atom stereocenters. The normalized spacial score (nSPS) is 20.4. The van der Waals surface area contributed by atoms with Gasteiger partial charge in [0, 0.05) is 37.6 Å². The number of imidazole rings is 1. The summed E-state index contributed by atoms with van der Waals surface area (Å²) in [7, 11) is 0. The predicted molar refractivity (Wildman–Crippen MR) is 108 cm³/mol. The number of morpholine rings is 1. The van der Waals surface area contributed by atoms with Gasteiger partial charge >= 0.3 is 0 Å². The van der Waals surface area contributed by atoms with Crippen molar-refractivity contribution in [3.05, 3.63) is 71.7 Å². The zero-order chi connectivity index (χ0) is 19.5. The summed E-state index contributed by atoms with van der Waals surface area (Å²) in [5.41, 5.74) is 3.59. The molecule has 6 nitrogen and oxygen atoms in total. The quantitative estimate of drug-likeness (QED) is 0.742. The van der Waals surface area contributed by atoms with Crippen molar-refractivity contribution in [1.82, 2.24) is 19.6 Å². The van der Waals surface area contributed by atoms with Crippen molar-refractivity contribution in [2.75, 3.05) is 13.1 Å². The van der Waals surface area contributed by atoms with Gasteiger partial charge in [0.2, 0.25) is 0 Å². The molecule has 1 amide bonds. The van der Waals surface area contributed by atoms with Gasteiger partial charge < -0.3 is 14.5 Å². The lowest BCUT2D eigenvalue weighted by molar-refractivity contribution is -0.0704. The zero-order valence-electron chi connectivity index (χ0n) is 16.3. The Hall–Kier alpha value is -2.70. The van der Waals surface area contributed by atoms with Gasteiger partial charge in [0.1, 0.15) is 5.65 Å². The van der Waals surface area contributed by atoms with Crippen molar-refractivity contribution in [3.63, 3.8) is 0 Å². The minimum absolute atomic E-state index is 0.0859. The van der Waals surface area contributed by atoms with Gasteiger partial charge in [-0.05, 0) is 43.7 Å². The topological polar surface area (TPSA) is 58.9 Å². The molecule has 1 aromatic carbocycles. The van der Waals surface area contributed by atoms with E-state index in [1.165, 1.54) is 5.56 Å². The number of pyridine rings is 1. The third-order valence-corrected chi connectivity index (χ3v) is 4.96. The minimum Gasteiger partial charge on any atom is -0.373 e. The Morgan fingerprint density at radius 3 is 2.61 bits per heavy atom. The number of hydrogen-bond donors (Lipinski definition) is 1. The Kier molecular flexibility index (Phi) is 5.41. The summed E-state index contributed by atoms with van der Waals surface area (Å²) in [5.74, 6) is -0.0859. The van der Waals surface area contributed by atoms with Crippen molar-refractivity contribution in [2.45, 2.75) is 39.1 Å². The maximum Gasteiger partial charge on any atom is 0.251 e. The molecule has 28 heavy (non-hydrogen) atoms. The highest BCUT2D eigenvalue weighted by Crippen LogP contribution is 2.15. The predicted octanol–water partition coefficient (Wildman–Crippen LogP) is 2.87. The first-order valence-corrected chi connectivity index (χ1v) is 9.74. The highest BCUT2D eigenvalue weighted by Gasteiger charge is 2.22. The monoisotopic (exact) mass is 378 g/mol. The summed E-state index contributed by atoms with van der Waals surface area (Å²) in [6.45, 7) is 7.38. The summed E-state index contributed by atoms with van der Waals surface area (Å²) in [4.78, 5) is 19.4. The van der Waals surface area contributed by atoms with Gasteiger partial charge in [0.05, 0.1) is 24.4 Å². The van der Waals surface area contributed by atoms with Crippen LogP contribution in [0.3, 0.4) is 0 Å². The van der Waals surface area contributed by atoms with Crippen molar-refractivity contribution < 1.29 is 9.53 Å². The highest BCUT2D eigenvalue weighted by molar-refractivity contribution is 5.94. The molecule has 6 heteroatoms. The first-order valence-electron chi connectivity index (χ1n) is 9.74. The van der Waals surface area contributed by atoms with Gasteiger partial charge in [0.25, 0.3) is 5.91 Å². The second kappa shape index (κ2) is 8.12. The average molecular weight is 378 g/mol. The van der Waals surface area contributed by atoms with Crippen molar-refractivity contribution in [2.24, 2.45) is 0 Å². The molecular formula is C22H26N4O2. The smallest absolute Gasteiger partial charge is 0.251 e. The number of carbonyl (C=O) groups is 1. The van der Waals surface area contributed by atoms with Gasteiger partial charge in [-0.15, -0.1) is 0 Å². The second-order valence-electron chi connectivity index (χ2n) is 7.53. The van der Waals surface area contributed by atoms with Gasteiger partial charge in [-0.2, -0.15) is 0 Å². The molecule has 146 valence electrons. The van der Waals surface area contributed by atoms with E-state index in [1.807, 2.05) is 59.3 Å². The van der Waals surface area contributed by atoms with Crippen molar-refractivity contribution >= 4 is 11.6 Å². The summed E-state index contributed by atoms with van der Waals surface area (Å²) in [5, 5.41) is 2.95. The molecule has 0 saturated carbocycles. The van der Waals surface area contributed by atoms with Crippen LogP contribution in [0.2, 0.25) is 0 Å². The lowest BCUT2D eigenvalue weighted by Crippen LogP contribution is -2.44. The number of benzene rings is 1. The number of amides is 1. The van der Waals surface area contributed by atoms with Crippen LogP contribution in [0.1, 0.15) is 35.5 Å². The largest absolute Gasteiger partial charge is 0.373 e. The van der Waals surface area contributed by atoms with Crippen LogP contribution in [-0.4, -0.2) is 45.5 Å². The van der Waals surface area contributed by atoms with Gasteiger partial charge in [-0.25, -0.2) is 4.98 Å². The fraction of sp³-hybridized carbons (Fsp3) is 0.364. The number of ether oxygens (including phenoxy) is 1. The molecule has 0 bridgehead atoms. The number of nitrogens with one attached hydrogen (secondary N) is 1. The third-order valence-electron chi connectivity index (χ3n) is 4.96. The van der Waals surface area contributed by atoms with Crippen LogP contribution in [-0.2, 0) is 17.8 Å². The number of fused-ring (bicyclic) bond motifs is 1. The maximum absolute atomic E-state index is 12.4. The third kappa shape index (κ3) is 4.40. The number of rotatable bonds is 5. The number of aromatic nitrogens is 2. The molecule has 1 aliphatic rings. The lowest BCUT2D eigenvalue weighted by Gasteiger charge is -2.35. The highest BCUT2D eigenvalue weighted by atomic mass is 16.5. The lowest BCUT2D eigenvalue weighted by atomic mass is 10.1. The number of carbonyl (C=O) groups excluding carboxylic acids is 1. The molecule has 1 saturated heterocycles. The van der Waals surface area contributed by atoms with Crippen LogP contribution in [0.4, 0.5) is 0 Å². The molecular weight excluding hydrogens is 352 g/mol. The van der Waals surface area contributed by atoms with E-state index < -0.39 is 0 Å². The van der Waals surface area contributed by atoms with E-state index in [1.54, 1.807) is 0 Å². The molecule has 0 aliphatic carbocycles. The summed E-state index contributed by atoms with van der Waals surface area (Å²) in [6, 6.07) is 13.7. The summed E-state index contributed by atoms with van der Waals surface area (Å²) < 4.78 is 7.73. The van der Waals surface area contributed by atoms with E-state index in [-0.39, 0.29) is 18.1 Å². The Balaban J connectivity index is 1.33. The Bertz CT molecular complexity index is 908. The Morgan fingerprint density at radius 1 is 1.14 bits per heavy atom. The van der Waals surface area contributed by atoms with Gasteiger partial charge in [0.15, 0.2) is 0 Å². The molecule has 1 N–H and O–H groups in total. The average Bonchev–Trinajstić information content (AvgIpc) is 3.09. The van der Waals surface area contributed by atoms with Gasteiger partial charge in [-0.1, -0.05) is 18.2 Å². The van der Waals surface area contributed by atoms with Crippen LogP contribution < -0.4 is 5.32 Å². The van der Waals surface area contributed by atoms with Crippen LogP contribution in [0.15, 0.2) is 54.9 Å². The maximum atomic E-state index is 12.4. The SMILES string of the molecule is C[C@H]1CN(Cc2ccc(C(=O)NCc3cn4ccccc4n3)cc2)C[C@H](C)O1. The fourth-order valence-corrected chi connectivity index (χ4v) is 3.78. The van der Waals surface area contributed by atoms with Crippen LogP contribution in [0.5, 0.6) is 0 Å². The summed E-state index contributed by atoms with van der Waals surface area (Å²) in [6.07, 6.45) is 4.40. The van der Waals surface area contributed by atoms with Crippen LogP contribution in [0.25, 0.3) is 5.65 Å². The Morgan fingerprint density at radius 2 is 1.89 bits per heavy atom. The first kappa shape index (κ1) is 18.7. The van der Waals surface area contributed by atoms with E-state index in [4.69, 9.17) is 4.74 Å². The zero-order valence-corrected chi connectivity index (χ0v) is 16.3. The number of hydrogen-bond acceptors (Lipinski definition) is 4. The summed E-state index contributed by atoms with van der Waals surface area (Å²) >= 11 is 0. The molecule has 1 aliphatic heterocycles. The van der Waals surface area contributed by atoms with Crippen LogP contribution >= 0.6 is 0 Å². The van der Waals surface area contributed by atoms with Crippen LogP contribution in [0, 0.1) is 0 Å². The fourth-order valence-electron chi connectivity index (χ4n) is 3.78. The molecule has 3 aromatic rings. The van der Waals surface area contributed by atoms with E-state index in [0.29, 0.717) is 12.1 Å². The first-order chi connectivity index (χ1) is 13.6. The molecule has 4 rings (SSSR count). The Labute approximate surface area is 165 Å².